The molecule has 104 valence electrons. The van der Waals surface area contributed by atoms with Crippen LogP contribution in [0.25, 0.3) is 10.4 Å². The molecule has 0 radical (unpaired) electrons. The first-order valence-corrected chi connectivity index (χ1v) is 5.75. The van der Waals surface area contributed by atoms with Crippen molar-refractivity contribution in [1.82, 2.24) is 0 Å². The second-order valence-corrected chi connectivity index (χ2v) is 4.18. The summed E-state index contributed by atoms with van der Waals surface area (Å²) in [7, 11) is -4.82. The Hall–Kier alpha value is -1.27. The fraction of sp³-hybridized carbons (Fsp3) is 0.833. The van der Waals surface area contributed by atoms with Gasteiger partial charge in [0, 0.05) is 4.91 Å². The summed E-state index contributed by atoms with van der Waals surface area (Å²) in [5, 5.41) is 30.7. The maximum atomic E-state index is 10.4. The van der Waals surface area contributed by atoms with Gasteiger partial charge in [-0.15, -0.1) is 0 Å². The van der Waals surface area contributed by atoms with Gasteiger partial charge >= 0.3 is 10.4 Å². The fourth-order valence-corrected chi connectivity index (χ4v) is 1.23. The molecule has 11 nitrogen and oxygen atoms in total. The van der Waals surface area contributed by atoms with Gasteiger partial charge in [-0.2, -0.15) is 8.42 Å². The molecule has 0 aliphatic heterocycles. The Morgan fingerprint density at radius 1 is 1.33 bits per heavy atom. The maximum absolute atomic E-state index is 10.4. The zero-order chi connectivity index (χ0) is 14.3. The second-order valence-electron chi connectivity index (χ2n) is 3.09. The van der Waals surface area contributed by atoms with E-state index in [2.05, 4.69) is 14.2 Å². The number of aliphatic hydroxyl groups excluding tert-OH is 3. The molecule has 0 aromatic heterocycles. The first kappa shape index (κ1) is 16.7. The Morgan fingerprint density at radius 2 is 1.89 bits per heavy atom. The molecule has 0 rings (SSSR count). The Morgan fingerprint density at radius 3 is 2.28 bits per heavy atom. The van der Waals surface area contributed by atoms with Crippen molar-refractivity contribution < 1.29 is 37.3 Å². The molecule has 4 atom stereocenters. The summed E-state index contributed by atoms with van der Waals surface area (Å²) >= 11 is 0. The van der Waals surface area contributed by atoms with Crippen LogP contribution in [0.1, 0.15) is 0 Å². The van der Waals surface area contributed by atoms with E-state index in [4.69, 9.17) is 10.1 Å². The zero-order valence-corrected chi connectivity index (χ0v) is 9.58. The number of aliphatic hydroxyl groups is 3. The molecule has 0 amide bonds. The van der Waals surface area contributed by atoms with Crippen molar-refractivity contribution in [3.05, 3.63) is 10.4 Å². The van der Waals surface area contributed by atoms with E-state index >= 15 is 0 Å². The monoisotopic (exact) mass is 285 g/mol. The number of aldehydes is 1. The quantitative estimate of drug-likeness (QED) is 0.126. The first-order chi connectivity index (χ1) is 8.22. The third kappa shape index (κ3) is 5.88. The second kappa shape index (κ2) is 7.23. The molecule has 0 saturated carbocycles. The van der Waals surface area contributed by atoms with Gasteiger partial charge in [-0.25, -0.2) is 4.18 Å². The highest BCUT2D eigenvalue weighted by Crippen LogP contribution is 2.08. The molecule has 0 bridgehead atoms. The molecule has 0 aliphatic carbocycles. The lowest BCUT2D eigenvalue weighted by Gasteiger charge is -2.23. The number of hydrogen-bond donors (Lipinski definition) is 4. The van der Waals surface area contributed by atoms with E-state index < -0.39 is 41.4 Å². The molecule has 0 aliphatic rings. The van der Waals surface area contributed by atoms with Gasteiger partial charge < -0.3 is 20.1 Å². The molecular formula is C6H11N3O8S. The van der Waals surface area contributed by atoms with Crippen LogP contribution in [0.4, 0.5) is 0 Å². The number of hydrogen-bond acceptors (Lipinski definition) is 8. The Kier molecular flexibility index (Phi) is 6.72. The molecule has 0 unspecified atom stereocenters. The summed E-state index contributed by atoms with van der Waals surface area (Å²) in [4.78, 5) is 12.6. The van der Waals surface area contributed by atoms with E-state index in [1.165, 1.54) is 0 Å². The third-order valence-corrected chi connectivity index (χ3v) is 2.24. The summed E-state index contributed by atoms with van der Waals surface area (Å²) in [6, 6.07) is -1.66. The van der Waals surface area contributed by atoms with E-state index in [1.54, 1.807) is 0 Å². The number of carbonyl (C=O) groups is 1. The maximum Gasteiger partial charge on any atom is 0.397 e. The lowest BCUT2D eigenvalue weighted by molar-refractivity contribution is -0.117. The van der Waals surface area contributed by atoms with Crippen LogP contribution >= 0.6 is 0 Å². The Balaban J connectivity index is 4.57. The Labute approximate surface area is 101 Å². The Bertz CT molecular complexity index is 419. The van der Waals surface area contributed by atoms with Crippen LogP contribution in [-0.2, 0) is 19.4 Å². The molecule has 0 aromatic carbocycles. The van der Waals surface area contributed by atoms with Gasteiger partial charge in [0.15, 0.2) is 0 Å². The summed E-state index contributed by atoms with van der Waals surface area (Å²) in [5.74, 6) is 0. The number of carbonyl (C=O) groups excluding carboxylic acids is 1. The van der Waals surface area contributed by atoms with Crippen LogP contribution in [-0.4, -0.2) is 65.5 Å². The average Bonchev–Trinajstić information content (AvgIpc) is 2.30. The number of rotatable bonds is 8. The molecule has 4 N–H and O–H groups in total. The van der Waals surface area contributed by atoms with Crippen LogP contribution in [0, 0.1) is 0 Å². The normalized spacial score (nSPS) is 18.2. The molecule has 0 saturated heterocycles. The van der Waals surface area contributed by atoms with E-state index in [0.717, 1.165) is 0 Å². The van der Waals surface area contributed by atoms with Gasteiger partial charge in [-0.3, -0.25) is 4.55 Å². The summed E-state index contributed by atoms with van der Waals surface area (Å²) in [5.41, 5.74) is 8.05. The van der Waals surface area contributed by atoms with Crippen LogP contribution in [0.15, 0.2) is 5.11 Å². The SMILES string of the molecule is [N-]=[N+]=N[C@H](C=O)[C@@H](O)[C@H](O)[C@H](O)COS(=O)(=O)O. The molecule has 18 heavy (non-hydrogen) atoms. The molecule has 0 fully saturated rings. The van der Waals surface area contributed by atoms with Crippen molar-refractivity contribution in [2.75, 3.05) is 6.61 Å². The summed E-state index contributed by atoms with van der Waals surface area (Å²) < 4.78 is 32.3. The van der Waals surface area contributed by atoms with Crippen LogP contribution in [0.2, 0.25) is 0 Å². The van der Waals surface area contributed by atoms with Crippen molar-refractivity contribution >= 4 is 16.7 Å². The predicted molar refractivity (Wildman–Crippen MR) is 54.5 cm³/mol. The van der Waals surface area contributed by atoms with Gasteiger partial charge in [0.2, 0.25) is 0 Å². The van der Waals surface area contributed by atoms with E-state index in [9.17, 15) is 28.5 Å². The lowest BCUT2D eigenvalue weighted by Crippen LogP contribution is -2.46. The minimum Gasteiger partial charge on any atom is -0.389 e. The summed E-state index contributed by atoms with van der Waals surface area (Å²) in [6.07, 6.45) is -5.88. The minimum atomic E-state index is -4.82. The van der Waals surface area contributed by atoms with Crippen molar-refractivity contribution in [3.8, 4) is 0 Å². The van der Waals surface area contributed by atoms with Crippen molar-refractivity contribution in [2.45, 2.75) is 24.4 Å². The summed E-state index contributed by atoms with van der Waals surface area (Å²) in [6.45, 7) is -1.06. The largest absolute Gasteiger partial charge is 0.397 e. The smallest absolute Gasteiger partial charge is 0.389 e. The zero-order valence-electron chi connectivity index (χ0n) is 8.77. The van der Waals surface area contributed by atoms with Crippen LogP contribution < -0.4 is 0 Å². The highest BCUT2D eigenvalue weighted by atomic mass is 32.3. The molecule has 0 aromatic rings. The number of nitrogens with zero attached hydrogens (tertiary/aromatic N) is 3. The van der Waals surface area contributed by atoms with E-state index in [-0.39, 0.29) is 6.29 Å². The third-order valence-electron chi connectivity index (χ3n) is 1.81. The average molecular weight is 285 g/mol. The first-order valence-electron chi connectivity index (χ1n) is 4.38. The number of azide groups is 1. The lowest BCUT2D eigenvalue weighted by atomic mass is 10.0. The van der Waals surface area contributed by atoms with Gasteiger partial charge in [-0.05, 0) is 5.53 Å². The van der Waals surface area contributed by atoms with Gasteiger partial charge in [0.25, 0.3) is 0 Å². The van der Waals surface area contributed by atoms with Crippen LogP contribution in [0.3, 0.4) is 0 Å². The molecule has 12 heteroatoms. The van der Waals surface area contributed by atoms with Crippen molar-refractivity contribution in [3.63, 3.8) is 0 Å². The van der Waals surface area contributed by atoms with Gasteiger partial charge in [0.1, 0.15) is 24.5 Å². The topological polar surface area (TPSA) is 190 Å². The van der Waals surface area contributed by atoms with Gasteiger partial charge in [-0.1, -0.05) is 5.11 Å². The van der Waals surface area contributed by atoms with Crippen molar-refractivity contribution in [1.29, 1.82) is 0 Å². The molecule has 0 spiro atoms. The minimum absolute atomic E-state index is 0.0317. The van der Waals surface area contributed by atoms with Crippen LogP contribution in [0.5, 0.6) is 0 Å². The predicted octanol–water partition coefficient (Wildman–Crippen LogP) is -2.23. The molecular weight excluding hydrogens is 274 g/mol. The standard InChI is InChI=1S/C6H11N3O8S/c7-9-8-3(1-10)5(12)6(13)4(11)2-17-18(14,15)16/h1,3-6,11-13H,2H2,(H,14,15,16)/t3-,4-,5-,6-/m1/s1. The fourth-order valence-electron chi connectivity index (χ4n) is 0.920. The molecule has 0 heterocycles. The van der Waals surface area contributed by atoms with E-state index in [1.807, 2.05) is 0 Å². The highest BCUT2D eigenvalue weighted by molar-refractivity contribution is 7.80. The van der Waals surface area contributed by atoms with Gasteiger partial charge in [0.05, 0.1) is 12.7 Å². The van der Waals surface area contributed by atoms with E-state index in [0.29, 0.717) is 0 Å². The van der Waals surface area contributed by atoms with Crippen molar-refractivity contribution in [2.24, 2.45) is 5.11 Å². The highest BCUT2D eigenvalue weighted by Gasteiger charge is 2.31.